The predicted molar refractivity (Wildman–Crippen MR) is 153 cm³/mol. The Morgan fingerprint density at radius 3 is 2.31 bits per heavy atom. The number of alkyl halides is 3. The number of amides is 2. The number of rotatable bonds is 7. The Kier molecular flexibility index (Phi) is 8.14. The first kappa shape index (κ1) is 27.9. The van der Waals surface area contributed by atoms with Crippen LogP contribution in [-0.2, 0) is 6.42 Å². The monoisotopic (exact) mass is 571 g/mol. The summed E-state index contributed by atoms with van der Waals surface area (Å²) >= 11 is 0. The van der Waals surface area contributed by atoms with Gasteiger partial charge in [0.25, 0.3) is 0 Å². The molecule has 12 heteroatoms. The number of aliphatic imine (C=N–C) groups is 1. The van der Waals surface area contributed by atoms with Gasteiger partial charge in [0, 0.05) is 11.3 Å². The summed E-state index contributed by atoms with van der Waals surface area (Å²) in [5.41, 5.74) is 10.4. The second-order valence-electron chi connectivity index (χ2n) is 9.00. The Hall–Kier alpha value is -5.65. The number of aromatic nitrogens is 3. The van der Waals surface area contributed by atoms with Crippen LogP contribution < -0.4 is 21.1 Å². The molecule has 5 rings (SSSR count). The summed E-state index contributed by atoms with van der Waals surface area (Å²) < 4.78 is 42.4. The Bertz CT molecular complexity index is 1690. The van der Waals surface area contributed by atoms with Crippen LogP contribution in [0.15, 0.2) is 114 Å². The fraction of sp³-hybridized carbons (Fsp3) is 0.0667. The number of nitrogens with one attached hydrogen (secondary N) is 2. The van der Waals surface area contributed by atoms with Crippen LogP contribution in [-0.4, -0.2) is 33.1 Å². The number of hydrogen-bond acceptors (Lipinski definition) is 5. The van der Waals surface area contributed by atoms with Gasteiger partial charge in [-0.2, -0.15) is 0 Å². The lowest BCUT2D eigenvalue weighted by Crippen LogP contribution is -2.39. The van der Waals surface area contributed by atoms with Gasteiger partial charge in [0.2, 0.25) is 5.96 Å². The summed E-state index contributed by atoms with van der Waals surface area (Å²) in [4.78, 5) is 21.2. The molecule has 4 aromatic carbocycles. The molecular weight excluding hydrogens is 547 g/mol. The second kappa shape index (κ2) is 12.3. The zero-order chi connectivity index (χ0) is 29.5. The maximum absolute atomic E-state index is 12.5. The van der Waals surface area contributed by atoms with Crippen molar-refractivity contribution < 1.29 is 22.7 Å². The van der Waals surface area contributed by atoms with E-state index in [4.69, 9.17) is 5.73 Å². The van der Waals surface area contributed by atoms with E-state index in [0.717, 1.165) is 11.1 Å². The van der Waals surface area contributed by atoms with E-state index in [1.165, 1.54) is 35.3 Å². The molecule has 212 valence electrons. The largest absolute Gasteiger partial charge is 0.573 e. The Morgan fingerprint density at radius 1 is 0.905 bits per heavy atom. The van der Waals surface area contributed by atoms with E-state index in [1.54, 1.807) is 24.3 Å². The first-order valence-corrected chi connectivity index (χ1v) is 12.6. The molecule has 0 atom stereocenters. The topological polar surface area (TPSA) is 119 Å². The molecule has 0 saturated heterocycles. The van der Waals surface area contributed by atoms with Crippen LogP contribution in [0, 0.1) is 0 Å². The molecule has 9 nitrogen and oxygen atoms in total. The van der Waals surface area contributed by atoms with Gasteiger partial charge in [0.05, 0.1) is 11.4 Å². The zero-order valence-electron chi connectivity index (χ0n) is 21.9. The highest BCUT2D eigenvalue weighted by Gasteiger charge is 2.31. The third kappa shape index (κ3) is 7.50. The van der Waals surface area contributed by atoms with Crippen LogP contribution >= 0.6 is 0 Å². The summed E-state index contributed by atoms with van der Waals surface area (Å²) in [7, 11) is 0. The lowest BCUT2D eigenvalue weighted by atomic mass is 10.0. The van der Waals surface area contributed by atoms with Crippen molar-refractivity contribution in [2.45, 2.75) is 12.8 Å². The second-order valence-corrected chi connectivity index (χ2v) is 9.00. The number of hydrogen-bond donors (Lipinski definition) is 3. The maximum atomic E-state index is 12.5. The number of guanidine groups is 1. The van der Waals surface area contributed by atoms with Crippen molar-refractivity contribution in [1.82, 2.24) is 20.1 Å². The minimum Gasteiger partial charge on any atom is -0.406 e. The molecule has 42 heavy (non-hydrogen) atoms. The van der Waals surface area contributed by atoms with Gasteiger partial charge >= 0.3 is 12.4 Å². The molecule has 2 amide bonds. The highest BCUT2D eigenvalue weighted by molar-refractivity contribution is 6.02. The molecule has 1 heterocycles. The molecule has 5 aromatic rings. The smallest absolute Gasteiger partial charge is 0.406 e. The maximum Gasteiger partial charge on any atom is 0.573 e. The van der Waals surface area contributed by atoms with E-state index < -0.39 is 12.4 Å². The van der Waals surface area contributed by atoms with E-state index in [9.17, 15) is 18.0 Å². The van der Waals surface area contributed by atoms with Crippen LogP contribution in [0.25, 0.3) is 17.1 Å². The summed E-state index contributed by atoms with van der Waals surface area (Å²) in [5, 5.41) is 9.59. The zero-order valence-corrected chi connectivity index (χ0v) is 21.9. The van der Waals surface area contributed by atoms with Gasteiger partial charge in [-0.05, 0) is 72.1 Å². The summed E-state index contributed by atoms with van der Waals surface area (Å²) in [5.74, 6) is -0.0100. The third-order valence-corrected chi connectivity index (χ3v) is 5.94. The quantitative estimate of drug-likeness (QED) is 0.159. The van der Waals surface area contributed by atoms with Gasteiger partial charge in [-0.3, -0.25) is 5.32 Å². The lowest BCUT2D eigenvalue weighted by Gasteiger charge is -2.09. The van der Waals surface area contributed by atoms with Crippen molar-refractivity contribution in [3.63, 3.8) is 0 Å². The van der Waals surface area contributed by atoms with Crippen molar-refractivity contribution in [2.24, 2.45) is 10.7 Å². The number of nitrogens with zero attached hydrogens (tertiary/aromatic N) is 4. The summed E-state index contributed by atoms with van der Waals surface area (Å²) in [6.45, 7) is 0. The van der Waals surface area contributed by atoms with Gasteiger partial charge in [-0.25, -0.2) is 19.5 Å². The SMILES string of the molecule is NC(=Nc1ccccc1Cc1ccccc1)NC(=O)Nc1ccc(-c2ncn(-c3ccc(OC(F)(F)F)cc3)n2)cc1. The van der Waals surface area contributed by atoms with Crippen LogP contribution in [0.1, 0.15) is 11.1 Å². The number of anilines is 1. The molecule has 0 saturated carbocycles. The molecule has 0 aliphatic carbocycles. The standard InChI is InChI=1S/C30H24F3N7O2/c31-30(32,33)42-25-16-14-24(15-17-25)40-19-35-27(39-40)21-10-12-23(13-11-21)36-29(41)38-28(34)37-26-9-5-4-8-22(26)18-20-6-2-1-3-7-20/h1-17,19H,18H2,(H4,34,36,37,38,41). The number of para-hydroxylation sites is 1. The van der Waals surface area contributed by atoms with Crippen molar-refractivity contribution in [1.29, 1.82) is 0 Å². The molecule has 0 bridgehead atoms. The Labute approximate surface area is 238 Å². The van der Waals surface area contributed by atoms with E-state index in [1.807, 2.05) is 54.6 Å². The molecule has 0 fully saturated rings. The molecule has 0 spiro atoms. The summed E-state index contributed by atoms with van der Waals surface area (Å²) in [6, 6.07) is 29.0. The molecule has 0 aliphatic heterocycles. The molecule has 0 radical (unpaired) electrons. The van der Waals surface area contributed by atoms with Gasteiger partial charge in [0.15, 0.2) is 5.82 Å². The van der Waals surface area contributed by atoms with Crippen LogP contribution in [0.3, 0.4) is 0 Å². The molecular formula is C30H24F3N7O2. The molecule has 4 N–H and O–H groups in total. The number of nitrogens with two attached hydrogens (primary N) is 1. The predicted octanol–water partition coefficient (Wildman–Crippen LogP) is 6.19. The summed E-state index contributed by atoms with van der Waals surface area (Å²) in [6.07, 6.45) is -2.66. The van der Waals surface area contributed by atoms with Crippen LogP contribution in [0.2, 0.25) is 0 Å². The highest BCUT2D eigenvalue weighted by atomic mass is 19.4. The van der Waals surface area contributed by atoms with E-state index in [2.05, 4.69) is 30.4 Å². The number of ether oxygens (including phenoxy) is 1. The minimum absolute atomic E-state index is 0.0580. The molecule has 0 aliphatic rings. The van der Waals surface area contributed by atoms with E-state index in [0.29, 0.717) is 34.9 Å². The van der Waals surface area contributed by atoms with Gasteiger partial charge in [-0.1, -0.05) is 48.5 Å². The van der Waals surface area contributed by atoms with E-state index in [-0.39, 0.29) is 11.7 Å². The number of urea groups is 1. The van der Waals surface area contributed by atoms with Gasteiger partial charge in [0.1, 0.15) is 12.1 Å². The van der Waals surface area contributed by atoms with Crippen molar-refractivity contribution in [3.05, 3.63) is 121 Å². The fourth-order valence-corrected chi connectivity index (χ4v) is 4.04. The normalized spacial score (nSPS) is 11.6. The van der Waals surface area contributed by atoms with Crippen molar-refractivity contribution in [3.8, 4) is 22.8 Å². The van der Waals surface area contributed by atoms with Crippen LogP contribution in [0.4, 0.5) is 29.3 Å². The average Bonchev–Trinajstić information content (AvgIpc) is 3.45. The first-order chi connectivity index (χ1) is 20.2. The molecule has 0 unspecified atom stereocenters. The number of carbonyl (C=O) groups excluding carboxylic acids is 1. The van der Waals surface area contributed by atoms with Gasteiger partial charge in [-0.15, -0.1) is 18.3 Å². The number of halogens is 3. The highest BCUT2D eigenvalue weighted by Crippen LogP contribution is 2.25. The van der Waals surface area contributed by atoms with Crippen LogP contribution in [0.5, 0.6) is 5.75 Å². The van der Waals surface area contributed by atoms with Crippen molar-refractivity contribution in [2.75, 3.05) is 5.32 Å². The average molecular weight is 572 g/mol. The van der Waals surface area contributed by atoms with Gasteiger partial charge < -0.3 is 15.8 Å². The fourth-order valence-electron chi connectivity index (χ4n) is 4.04. The molecule has 1 aromatic heterocycles. The number of benzene rings is 4. The Morgan fingerprint density at radius 2 is 1.60 bits per heavy atom. The lowest BCUT2D eigenvalue weighted by molar-refractivity contribution is -0.274. The third-order valence-electron chi connectivity index (χ3n) is 5.94. The number of carbonyl (C=O) groups is 1. The minimum atomic E-state index is -4.77. The first-order valence-electron chi connectivity index (χ1n) is 12.6. The Balaban J connectivity index is 1.19. The van der Waals surface area contributed by atoms with E-state index >= 15 is 0 Å². The van der Waals surface area contributed by atoms with Crippen molar-refractivity contribution >= 4 is 23.4 Å².